The monoisotopic (exact) mass is 330 g/mol. The number of rotatable bonds is 8. The highest BCUT2D eigenvalue weighted by Crippen LogP contribution is 2.25. The van der Waals surface area contributed by atoms with Crippen LogP contribution in [0.15, 0.2) is 17.5 Å². The van der Waals surface area contributed by atoms with Gasteiger partial charge in [0.05, 0.1) is 11.6 Å². The fourth-order valence-corrected chi connectivity index (χ4v) is 3.56. The Morgan fingerprint density at radius 2 is 2.24 bits per heavy atom. The van der Waals surface area contributed by atoms with Crippen molar-refractivity contribution in [3.05, 3.63) is 22.4 Å². The quantitative estimate of drug-likeness (QED) is 0.686. The van der Waals surface area contributed by atoms with Crippen molar-refractivity contribution in [2.24, 2.45) is 5.92 Å². The molecule has 6 heteroatoms. The van der Waals surface area contributed by atoms with Gasteiger partial charge in [-0.1, -0.05) is 19.9 Å². The van der Waals surface area contributed by atoms with Gasteiger partial charge >= 0.3 is 6.03 Å². The minimum Gasteiger partial charge on any atom is -0.387 e. The highest BCUT2D eigenvalue weighted by Gasteiger charge is 2.22. The molecule has 0 aromatic carbocycles. The molecule has 0 aliphatic carbocycles. The number of aliphatic hydroxyl groups is 1. The summed E-state index contributed by atoms with van der Waals surface area (Å²) in [4.78, 5) is 13.2. The van der Waals surface area contributed by atoms with Gasteiger partial charge in [-0.15, -0.1) is 11.3 Å². The topological polar surface area (TPSA) is 61.4 Å². The fourth-order valence-electron chi connectivity index (χ4n) is 2.05. The highest BCUT2D eigenvalue weighted by atomic mass is 32.2. The third kappa shape index (κ3) is 7.20. The van der Waals surface area contributed by atoms with E-state index in [0.717, 1.165) is 11.3 Å². The van der Waals surface area contributed by atoms with Gasteiger partial charge < -0.3 is 15.7 Å². The normalized spacial score (nSPS) is 15.5. The molecule has 2 unspecified atom stereocenters. The minimum atomic E-state index is -0.882. The van der Waals surface area contributed by atoms with Crippen molar-refractivity contribution >= 4 is 29.1 Å². The molecule has 0 fully saturated rings. The minimum absolute atomic E-state index is 0.0236. The molecule has 2 amide bonds. The van der Waals surface area contributed by atoms with Crippen molar-refractivity contribution in [1.82, 2.24) is 10.6 Å². The Bertz CT molecular complexity index is 419. The van der Waals surface area contributed by atoms with E-state index < -0.39 is 5.60 Å². The summed E-state index contributed by atoms with van der Waals surface area (Å²) in [6.45, 7) is 6.26. The molecule has 0 saturated carbocycles. The van der Waals surface area contributed by atoms with Crippen LogP contribution >= 0.6 is 23.1 Å². The number of thiophene rings is 1. The third-order valence-corrected chi connectivity index (χ3v) is 4.88. The summed E-state index contributed by atoms with van der Waals surface area (Å²) in [6, 6.07) is 3.84. The molecule has 0 aliphatic heterocycles. The summed E-state index contributed by atoms with van der Waals surface area (Å²) in [5.74, 6) is 1.09. The number of carbonyl (C=O) groups excluding carboxylic acids is 1. The molecule has 3 N–H and O–H groups in total. The molecular formula is C15H26N2O2S2. The zero-order valence-corrected chi connectivity index (χ0v) is 14.8. The zero-order chi connectivity index (χ0) is 15.9. The predicted octanol–water partition coefficient (Wildman–Crippen LogP) is 3.25. The molecule has 21 heavy (non-hydrogen) atoms. The van der Waals surface area contributed by atoms with Crippen LogP contribution in [0, 0.1) is 5.92 Å². The van der Waals surface area contributed by atoms with E-state index in [2.05, 4.69) is 24.5 Å². The van der Waals surface area contributed by atoms with E-state index >= 15 is 0 Å². The van der Waals surface area contributed by atoms with Crippen LogP contribution in [-0.2, 0) is 0 Å². The maximum atomic E-state index is 12.0. The standard InChI is InChI=1S/C15H26N2O2S2/c1-11(2)8-12(13-6-5-7-21-13)17-14(18)16-9-15(3,19)10-20-4/h5-7,11-12,19H,8-10H2,1-4H3,(H2,16,17,18). The average Bonchev–Trinajstić information content (AvgIpc) is 2.89. The first-order valence-corrected chi connectivity index (χ1v) is 9.40. The van der Waals surface area contributed by atoms with Crippen LogP contribution in [-0.4, -0.2) is 35.3 Å². The second-order valence-electron chi connectivity index (χ2n) is 5.95. The first kappa shape index (κ1) is 18.3. The van der Waals surface area contributed by atoms with Gasteiger partial charge in [0.15, 0.2) is 0 Å². The Hall–Kier alpha value is -0.720. The molecule has 0 saturated heterocycles. The lowest BCUT2D eigenvalue weighted by Gasteiger charge is -2.24. The number of amides is 2. The number of hydrogen-bond donors (Lipinski definition) is 3. The Labute approximate surface area is 135 Å². The van der Waals surface area contributed by atoms with Crippen LogP contribution in [0.2, 0.25) is 0 Å². The number of carbonyl (C=O) groups is 1. The summed E-state index contributed by atoms with van der Waals surface area (Å²) in [6.07, 6.45) is 2.83. The first-order valence-electron chi connectivity index (χ1n) is 7.13. The smallest absolute Gasteiger partial charge is 0.315 e. The van der Waals surface area contributed by atoms with Crippen LogP contribution in [0.4, 0.5) is 4.79 Å². The van der Waals surface area contributed by atoms with Crippen molar-refractivity contribution in [2.75, 3.05) is 18.6 Å². The van der Waals surface area contributed by atoms with Crippen LogP contribution in [0.1, 0.15) is 38.1 Å². The molecule has 2 atom stereocenters. The van der Waals surface area contributed by atoms with E-state index in [9.17, 15) is 9.90 Å². The average molecular weight is 331 g/mol. The lowest BCUT2D eigenvalue weighted by molar-refractivity contribution is 0.0867. The van der Waals surface area contributed by atoms with Crippen molar-refractivity contribution in [1.29, 1.82) is 0 Å². The lowest BCUT2D eigenvalue weighted by Crippen LogP contribution is -2.47. The van der Waals surface area contributed by atoms with Gasteiger partial charge in [-0.2, -0.15) is 11.8 Å². The molecule has 1 rings (SSSR count). The molecule has 4 nitrogen and oxygen atoms in total. The number of nitrogens with one attached hydrogen (secondary N) is 2. The Morgan fingerprint density at radius 3 is 2.76 bits per heavy atom. The molecule has 0 spiro atoms. The number of hydrogen-bond acceptors (Lipinski definition) is 4. The third-order valence-electron chi connectivity index (χ3n) is 2.98. The predicted molar refractivity (Wildman–Crippen MR) is 92.1 cm³/mol. The van der Waals surface area contributed by atoms with Crippen LogP contribution in [0.25, 0.3) is 0 Å². The maximum Gasteiger partial charge on any atom is 0.315 e. The van der Waals surface area contributed by atoms with E-state index in [1.165, 1.54) is 0 Å². The Kier molecular flexibility index (Phi) is 7.56. The van der Waals surface area contributed by atoms with Gasteiger partial charge in [-0.05, 0) is 37.0 Å². The van der Waals surface area contributed by atoms with Crippen molar-refractivity contribution in [2.45, 2.75) is 38.8 Å². The van der Waals surface area contributed by atoms with Crippen LogP contribution < -0.4 is 10.6 Å². The summed E-state index contributed by atoms with van der Waals surface area (Å²) in [5, 5.41) is 17.9. The van der Waals surface area contributed by atoms with Gasteiger partial charge in [0.25, 0.3) is 0 Å². The molecule has 0 radical (unpaired) electrons. The van der Waals surface area contributed by atoms with Gasteiger partial charge in [-0.3, -0.25) is 0 Å². The summed E-state index contributed by atoms with van der Waals surface area (Å²) in [5.41, 5.74) is -0.882. The number of thioether (sulfide) groups is 1. The van der Waals surface area contributed by atoms with Crippen molar-refractivity contribution < 1.29 is 9.90 Å². The SMILES string of the molecule is CSCC(C)(O)CNC(=O)NC(CC(C)C)c1cccs1. The number of urea groups is 1. The lowest BCUT2D eigenvalue weighted by atomic mass is 10.0. The molecular weight excluding hydrogens is 304 g/mol. The van der Waals surface area contributed by atoms with E-state index in [1.54, 1.807) is 30.0 Å². The zero-order valence-electron chi connectivity index (χ0n) is 13.2. The van der Waals surface area contributed by atoms with E-state index in [-0.39, 0.29) is 18.6 Å². The first-order chi connectivity index (χ1) is 9.84. The molecule has 1 heterocycles. The van der Waals surface area contributed by atoms with Gasteiger partial charge in [0.2, 0.25) is 0 Å². The van der Waals surface area contributed by atoms with E-state index in [1.807, 2.05) is 23.8 Å². The summed E-state index contributed by atoms with van der Waals surface area (Å²) < 4.78 is 0. The Balaban J connectivity index is 2.53. The van der Waals surface area contributed by atoms with E-state index in [4.69, 9.17) is 0 Å². The molecule has 0 bridgehead atoms. The van der Waals surface area contributed by atoms with Gasteiger partial charge in [-0.25, -0.2) is 4.79 Å². The Morgan fingerprint density at radius 1 is 1.52 bits per heavy atom. The van der Waals surface area contributed by atoms with Crippen molar-refractivity contribution in [3.63, 3.8) is 0 Å². The molecule has 0 aliphatic rings. The van der Waals surface area contributed by atoms with Gasteiger partial charge in [0, 0.05) is 17.2 Å². The van der Waals surface area contributed by atoms with Crippen molar-refractivity contribution in [3.8, 4) is 0 Å². The summed E-state index contributed by atoms with van der Waals surface area (Å²) >= 11 is 3.21. The fraction of sp³-hybridized carbons (Fsp3) is 0.667. The maximum absolute atomic E-state index is 12.0. The molecule has 1 aromatic heterocycles. The van der Waals surface area contributed by atoms with Crippen LogP contribution in [0.3, 0.4) is 0 Å². The largest absolute Gasteiger partial charge is 0.387 e. The molecule has 1 aromatic rings. The van der Waals surface area contributed by atoms with Gasteiger partial charge in [0.1, 0.15) is 0 Å². The second kappa shape index (κ2) is 8.66. The van der Waals surface area contributed by atoms with E-state index in [0.29, 0.717) is 11.7 Å². The molecule has 120 valence electrons. The summed E-state index contributed by atoms with van der Waals surface area (Å²) in [7, 11) is 0. The van der Waals surface area contributed by atoms with Crippen LogP contribution in [0.5, 0.6) is 0 Å². The second-order valence-corrected chi connectivity index (χ2v) is 7.80. The highest BCUT2D eigenvalue weighted by molar-refractivity contribution is 7.98.